The van der Waals surface area contributed by atoms with Crippen molar-refractivity contribution in [2.75, 3.05) is 0 Å². The molecule has 13 rings (SSSR count). The van der Waals surface area contributed by atoms with Gasteiger partial charge in [-0.1, -0.05) is 210 Å². The lowest BCUT2D eigenvalue weighted by Gasteiger charge is -2.34. The zero-order valence-corrected chi connectivity index (χ0v) is 51.3. The van der Waals surface area contributed by atoms with Crippen LogP contribution in [0.2, 0.25) is 0 Å². The molecule has 0 bridgehead atoms. The van der Waals surface area contributed by atoms with E-state index in [0.29, 0.717) is 34.5 Å². The lowest BCUT2D eigenvalue weighted by molar-refractivity contribution is 0.446. The summed E-state index contributed by atoms with van der Waals surface area (Å²) in [6.07, 6.45) is 0. The maximum Gasteiger partial charge on any atom is 0.149 e. The van der Waals surface area contributed by atoms with Gasteiger partial charge in [-0.3, -0.25) is 0 Å². The first-order chi connectivity index (χ1) is 45.4. The van der Waals surface area contributed by atoms with Crippen LogP contribution in [0.15, 0.2) is 279 Å². The van der Waals surface area contributed by atoms with Crippen molar-refractivity contribution in [1.29, 1.82) is 21.0 Å². The van der Waals surface area contributed by atoms with Crippen molar-refractivity contribution in [1.82, 2.24) is 0 Å². The quantitative estimate of drug-likeness (QED) is 0.0812. The van der Waals surface area contributed by atoms with Gasteiger partial charge in [0.25, 0.3) is 0 Å². The number of nitrogens with zero attached hydrogens (tertiary/aromatic N) is 4. The average molecular weight is 1210 g/mol. The molecule has 12 aromatic carbocycles. The van der Waals surface area contributed by atoms with Crippen LogP contribution >= 0.6 is 0 Å². The monoisotopic (exact) mass is 1210 g/mol. The molecule has 0 radical (unpaired) electrons. The Kier molecular flexibility index (Phi) is 16.0. The SMILES string of the molecule is CC(C)(c1ccccc1)c1ccc(Oc2cccc(Oc3cccc(Oc4ccc(C5(c6ccc(Oc7cccc(Oc8cccc(Oc9ccc(C(C)(C)c%10ccccc%10)cc9)c8C#N)c7C#N)cc6)c6ccccc6-c6ccccc65)cc4)c3C#N)c2C#N)cc1. The third kappa shape index (κ3) is 11.3. The lowest BCUT2D eigenvalue weighted by atomic mass is 9.68. The van der Waals surface area contributed by atoms with Crippen molar-refractivity contribution in [3.8, 4) is 104 Å². The highest BCUT2D eigenvalue weighted by Crippen LogP contribution is 2.57. The Bertz CT molecular complexity index is 4630. The van der Waals surface area contributed by atoms with Gasteiger partial charge in [0.2, 0.25) is 0 Å². The molecule has 0 aromatic heterocycles. The number of rotatable bonds is 18. The van der Waals surface area contributed by atoms with Gasteiger partial charge in [-0.25, -0.2) is 0 Å². The predicted octanol–water partition coefficient (Wildman–Crippen LogP) is 20.9. The Morgan fingerprint density at radius 2 is 0.484 bits per heavy atom. The Morgan fingerprint density at radius 1 is 0.247 bits per heavy atom. The number of hydrogen-bond acceptors (Lipinski definition) is 10. The molecule has 0 fully saturated rings. The minimum absolute atomic E-state index is 0.137. The molecule has 446 valence electrons. The molecule has 10 heteroatoms. The van der Waals surface area contributed by atoms with E-state index in [1.807, 2.05) is 146 Å². The van der Waals surface area contributed by atoms with E-state index in [0.717, 1.165) is 44.5 Å². The second-order valence-corrected chi connectivity index (χ2v) is 23.5. The van der Waals surface area contributed by atoms with E-state index < -0.39 is 5.41 Å². The molecule has 0 amide bonds. The molecule has 12 aromatic rings. The van der Waals surface area contributed by atoms with Crippen LogP contribution in [0.25, 0.3) is 11.1 Å². The van der Waals surface area contributed by atoms with Crippen LogP contribution in [0, 0.1) is 45.3 Å². The number of fused-ring (bicyclic) bond motifs is 3. The number of benzene rings is 12. The molecule has 93 heavy (non-hydrogen) atoms. The van der Waals surface area contributed by atoms with Crippen molar-refractivity contribution in [2.24, 2.45) is 0 Å². The van der Waals surface area contributed by atoms with Crippen molar-refractivity contribution >= 4 is 0 Å². The van der Waals surface area contributed by atoms with Crippen LogP contribution in [0.5, 0.6) is 69.0 Å². The standard InChI is InChI=1S/C83H58N4O6/c1-81(2,55-19-7-5-8-20-55)57-35-43-61(44-36-57)88-73-27-15-31-77(67(73)51-84)92-79-33-17-29-75(69(79)53-86)90-63-47-39-59(40-48-63)83(71-25-13-11-23-65(71)66-24-12-14-26-72(66)83)60-41-49-64(50-42-60)91-76-30-18-34-80(70(76)54-87)93-78-32-16-28-74(68(78)52-85)89-62-45-37-58(38-46-62)82(3,4)56-21-9-6-10-22-56/h5-50H,1-4H3. The maximum atomic E-state index is 10.7. The van der Waals surface area contributed by atoms with Crippen LogP contribution in [0.3, 0.4) is 0 Å². The Hall–Kier alpha value is -12.6. The first-order valence-electron chi connectivity index (χ1n) is 30.3. The summed E-state index contributed by atoms with van der Waals surface area (Å²) >= 11 is 0. The van der Waals surface area contributed by atoms with E-state index in [-0.39, 0.29) is 67.6 Å². The largest absolute Gasteiger partial charge is 0.456 e. The van der Waals surface area contributed by atoms with Gasteiger partial charge < -0.3 is 28.4 Å². The fourth-order valence-electron chi connectivity index (χ4n) is 12.4. The van der Waals surface area contributed by atoms with Gasteiger partial charge in [-0.15, -0.1) is 0 Å². The summed E-state index contributed by atoms with van der Waals surface area (Å²) in [5, 5.41) is 42.3. The zero-order chi connectivity index (χ0) is 64.1. The summed E-state index contributed by atoms with van der Waals surface area (Å²) in [5.74, 6) is 4.02. The van der Waals surface area contributed by atoms with Gasteiger partial charge in [0.15, 0.2) is 0 Å². The van der Waals surface area contributed by atoms with Crippen molar-refractivity contribution in [3.05, 3.63) is 346 Å². The maximum absolute atomic E-state index is 10.7. The summed E-state index contributed by atoms with van der Waals surface area (Å²) < 4.78 is 38.4. The summed E-state index contributed by atoms with van der Waals surface area (Å²) in [6, 6.07) is 98.4. The lowest BCUT2D eigenvalue weighted by Crippen LogP contribution is -2.28. The topological polar surface area (TPSA) is 151 Å². The van der Waals surface area contributed by atoms with E-state index >= 15 is 0 Å². The van der Waals surface area contributed by atoms with Gasteiger partial charge in [-0.2, -0.15) is 21.0 Å². The van der Waals surface area contributed by atoms with Crippen LogP contribution in [0.1, 0.15) is 94.5 Å². The van der Waals surface area contributed by atoms with Crippen LogP contribution in [-0.4, -0.2) is 0 Å². The molecule has 10 nitrogen and oxygen atoms in total. The minimum Gasteiger partial charge on any atom is -0.456 e. The first-order valence-corrected chi connectivity index (χ1v) is 30.3. The summed E-state index contributed by atoms with van der Waals surface area (Å²) in [6.45, 7) is 8.71. The Morgan fingerprint density at radius 3 is 0.763 bits per heavy atom. The highest BCUT2D eigenvalue weighted by Gasteiger charge is 2.46. The zero-order valence-electron chi connectivity index (χ0n) is 51.3. The highest BCUT2D eigenvalue weighted by atomic mass is 16.5. The second kappa shape index (κ2) is 25.1. The van der Waals surface area contributed by atoms with Gasteiger partial charge in [0.05, 0.1) is 5.41 Å². The van der Waals surface area contributed by atoms with E-state index in [4.69, 9.17) is 28.4 Å². The molecule has 0 saturated carbocycles. The van der Waals surface area contributed by atoms with Crippen LogP contribution < -0.4 is 28.4 Å². The number of hydrogen-bond donors (Lipinski definition) is 0. The fourth-order valence-corrected chi connectivity index (χ4v) is 12.4. The average Bonchev–Trinajstić information content (AvgIpc) is 1.56. The molecule has 0 N–H and O–H groups in total. The summed E-state index contributed by atoms with van der Waals surface area (Å²) in [5.41, 5.74) is 10.2. The first kappa shape index (κ1) is 59.4. The van der Waals surface area contributed by atoms with E-state index in [2.05, 4.69) is 113 Å². The second-order valence-electron chi connectivity index (χ2n) is 23.5. The third-order valence-electron chi connectivity index (χ3n) is 17.4. The molecule has 0 saturated heterocycles. The van der Waals surface area contributed by atoms with Gasteiger partial charge in [-0.05, 0) is 153 Å². The van der Waals surface area contributed by atoms with Gasteiger partial charge >= 0.3 is 0 Å². The molecule has 0 unspecified atom stereocenters. The van der Waals surface area contributed by atoms with Gasteiger partial charge in [0, 0.05) is 10.8 Å². The highest BCUT2D eigenvalue weighted by molar-refractivity contribution is 5.86. The molecule has 1 aliphatic rings. The Balaban J connectivity index is 0.744. The molecule has 0 aliphatic heterocycles. The normalized spacial score (nSPS) is 11.9. The molecule has 0 spiro atoms. The summed E-state index contributed by atoms with van der Waals surface area (Å²) in [4.78, 5) is 0. The van der Waals surface area contributed by atoms with E-state index in [1.54, 1.807) is 72.8 Å². The minimum atomic E-state index is -0.805. The Labute approximate surface area is 540 Å². The molecule has 0 heterocycles. The smallest absolute Gasteiger partial charge is 0.149 e. The van der Waals surface area contributed by atoms with E-state index in [1.165, 1.54) is 11.1 Å². The molecular weight excluding hydrogens is 1150 g/mol. The van der Waals surface area contributed by atoms with Crippen LogP contribution in [-0.2, 0) is 16.2 Å². The summed E-state index contributed by atoms with van der Waals surface area (Å²) in [7, 11) is 0. The van der Waals surface area contributed by atoms with Crippen molar-refractivity contribution in [2.45, 2.75) is 43.9 Å². The number of ether oxygens (including phenoxy) is 6. The fraction of sp³-hybridized carbons (Fsp3) is 0.0843. The van der Waals surface area contributed by atoms with Crippen LogP contribution in [0.4, 0.5) is 0 Å². The molecule has 1 aliphatic carbocycles. The van der Waals surface area contributed by atoms with Gasteiger partial charge in [0.1, 0.15) is 116 Å². The third-order valence-corrected chi connectivity index (χ3v) is 17.4. The predicted molar refractivity (Wildman–Crippen MR) is 359 cm³/mol. The molecular formula is C83H58N4O6. The van der Waals surface area contributed by atoms with Crippen molar-refractivity contribution < 1.29 is 28.4 Å². The molecule has 0 atom stereocenters. The van der Waals surface area contributed by atoms with E-state index in [9.17, 15) is 21.0 Å². The number of nitriles is 4. The van der Waals surface area contributed by atoms with Crippen molar-refractivity contribution in [3.63, 3.8) is 0 Å².